The van der Waals surface area contributed by atoms with E-state index in [-0.39, 0.29) is 16.9 Å². The van der Waals surface area contributed by atoms with Crippen LogP contribution >= 0.6 is 0 Å². The van der Waals surface area contributed by atoms with E-state index in [4.69, 9.17) is 4.74 Å². The number of alkyl halides is 1. The highest BCUT2D eigenvalue weighted by Gasteiger charge is 2.21. The van der Waals surface area contributed by atoms with E-state index in [9.17, 15) is 18.4 Å². The van der Waals surface area contributed by atoms with Gasteiger partial charge in [-0.3, -0.25) is 9.59 Å². The first-order chi connectivity index (χ1) is 14.0. The number of rotatable bonds is 7. The number of H-pyrrole nitrogens is 1. The Bertz CT molecular complexity index is 1050. The van der Waals surface area contributed by atoms with Gasteiger partial charge in [-0.1, -0.05) is 12.1 Å². The summed E-state index contributed by atoms with van der Waals surface area (Å²) in [5, 5.41) is 2.75. The molecule has 0 aliphatic carbocycles. The number of aromatic nitrogens is 2. The zero-order chi connectivity index (χ0) is 20.8. The lowest BCUT2D eigenvalue weighted by Crippen LogP contribution is -2.30. The van der Waals surface area contributed by atoms with Crippen LogP contribution in [0.15, 0.2) is 59.5 Å². The van der Waals surface area contributed by atoms with Gasteiger partial charge in [0.25, 0.3) is 5.91 Å². The monoisotopic (exact) mass is 401 g/mol. The zero-order valence-corrected chi connectivity index (χ0v) is 15.3. The average Bonchev–Trinajstić information content (AvgIpc) is 2.74. The van der Waals surface area contributed by atoms with Gasteiger partial charge in [0.05, 0.1) is 24.4 Å². The Morgan fingerprint density at radius 1 is 1.24 bits per heavy atom. The fraction of sp³-hybridized carbons (Fsp3) is 0.150. The van der Waals surface area contributed by atoms with E-state index in [1.807, 2.05) is 0 Å². The summed E-state index contributed by atoms with van der Waals surface area (Å²) in [6, 6.07) is 10.6. The van der Waals surface area contributed by atoms with Gasteiger partial charge in [-0.05, 0) is 29.8 Å². The molecule has 0 aliphatic rings. The molecule has 2 aromatic heterocycles. The van der Waals surface area contributed by atoms with Gasteiger partial charge in [-0.15, -0.1) is 0 Å². The SMILES string of the molecule is COc1cccc(C(NC(=O)c2ccc(=O)[nH]c2)c2ccc(OCF)c(F)c2)n1. The van der Waals surface area contributed by atoms with Crippen LogP contribution < -0.4 is 20.3 Å². The molecule has 1 unspecified atom stereocenters. The van der Waals surface area contributed by atoms with Crippen LogP contribution in [0, 0.1) is 5.82 Å². The number of halogens is 2. The first kappa shape index (κ1) is 20.0. The number of amides is 1. The predicted octanol–water partition coefficient (Wildman–Crippen LogP) is 2.74. The molecule has 0 aliphatic heterocycles. The lowest BCUT2D eigenvalue weighted by atomic mass is 10.0. The van der Waals surface area contributed by atoms with Gasteiger partial charge in [0.15, 0.2) is 11.6 Å². The Labute approximate surface area is 164 Å². The summed E-state index contributed by atoms with van der Waals surface area (Å²) in [6.45, 7) is -1.17. The van der Waals surface area contributed by atoms with Crippen LogP contribution in [0.25, 0.3) is 0 Å². The molecule has 1 amide bonds. The van der Waals surface area contributed by atoms with Gasteiger partial charge >= 0.3 is 0 Å². The van der Waals surface area contributed by atoms with Gasteiger partial charge in [0.1, 0.15) is 0 Å². The van der Waals surface area contributed by atoms with Crippen molar-refractivity contribution in [3.63, 3.8) is 0 Å². The molecule has 1 aromatic carbocycles. The van der Waals surface area contributed by atoms with Crippen LogP contribution in [0.2, 0.25) is 0 Å². The van der Waals surface area contributed by atoms with Crippen molar-refractivity contribution in [3.8, 4) is 11.6 Å². The van der Waals surface area contributed by atoms with Crippen molar-refractivity contribution < 1.29 is 23.0 Å². The molecule has 0 fully saturated rings. The number of pyridine rings is 2. The number of ether oxygens (including phenoxy) is 2. The van der Waals surface area contributed by atoms with Crippen molar-refractivity contribution in [1.82, 2.24) is 15.3 Å². The Balaban J connectivity index is 1.99. The summed E-state index contributed by atoms with van der Waals surface area (Å²) in [6.07, 6.45) is 1.27. The summed E-state index contributed by atoms with van der Waals surface area (Å²) in [5.41, 5.74) is 0.598. The minimum atomic E-state index is -1.17. The largest absolute Gasteiger partial charge is 0.481 e. The second-order valence-corrected chi connectivity index (χ2v) is 5.90. The molecule has 0 saturated heterocycles. The first-order valence-corrected chi connectivity index (χ1v) is 8.50. The molecule has 3 aromatic rings. The van der Waals surface area contributed by atoms with E-state index in [2.05, 4.69) is 20.0 Å². The predicted molar refractivity (Wildman–Crippen MR) is 100 cm³/mol. The molecule has 0 spiro atoms. The second-order valence-electron chi connectivity index (χ2n) is 5.90. The minimum absolute atomic E-state index is 0.204. The van der Waals surface area contributed by atoms with E-state index in [1.165, 1.54) is 37.6 Å². The van der Waals surface area contributed by atoms with Gasteiger partial charge in [0, 0.05) is 18.3 Å². The molecule has 29 heavy (non-hydrogen) atoms. The number of methoxy groups -OCH3 is 1. The number of benzene rings is 1. The maximum atomic E-state index is 14.3. The number of nitrogens with zero attached hydrogens (tertiary/aromatic N) is 1. The molecule has 0 radical (unpaired) electrons. The lowest BCUT2D eigenvalue weighted by Gasteiger charge is -2.20. The number of aromatic amines is 1. The Kier molecular flexibility index (Phi) is 6.18. The maximum absolute atomic E-state index is 14.3. The van der Waals surface area contributed by atoms with E-state index < -0.39 is 24.6 Å². The summed E-state index contributed by atoms with van der Waals surface area (Å²) >= 11 is 0. The number of carbonyl (C=O) groups excluding carboxylic acids is 1. The van der Waals surface area contributed by atoms with E-state index in [1.54, 1.807) is 18.2 Å². The summed E-state index contributed by atoms with van der Waals surface area (Å²) in [4.78, 5) is 30.6. The van der Waals surface area contributed by atoms with Crippen LogP contribution in [0.3, 0.4) is 0 Å². The van der Waals surface area contributed by atoms with E-state index >= 15 is 0 Å². The Hall–Kier alpha value is -3.75. The van der Waals surface area contributed by atoms with Crippen LogP contribution in [-0.4, -0.2) is 29.8 Å². The van der Waals surface area contributed by atoms with Crippen molar-refractivity contribution in [2.24, 2.45) is 0 Å². The molecule has 7 nitrogen and oxygen atoms in total. The van der Waals surface area contributed by atoms with Crippen LogP contribution in [0.4, 0.5) is 8.78 Å². The highest BCUT2D eigenvalue weighted by atomic mass is 19.1. The number of nitrogens with one attached hydrogen (secondary N) is 2. The highest BCUT2D eigenvalue weighted by Crippen LogP contribution is 2.27. The first-order valence-electron chi connectivity index (χ1n) is 8.50. The number of hydrogen-bond acceptors (Lipinski definition) is 5. The molecular formula is C20H17F2N3O4. The van der Waals surface area contributed by atoms with Crippen molar-refractivity contribution in [3.05, 3.63) is 87.7 Å². The van der Waals surface area contributed by atoms with Gasteiger partial charge in [-0.25, -0.2) is 13.8 Å². The quantitative estimate of drug-likeness (QED) is 0.635. The second kappa shape index (κ2) is 8.96. The standard InChI is InChI=1S/C20H17F2N3O4/c1-28-18-4-2-3-15(24-18)19(12-5-7-16(29-11-21)14(22)9-12)25-20(27)13-6-8-17(26)23-10-13/h2-10,19H,11H2,1H3,(H,23,26)(H,25,27). The van der Waals surface area contributed by atoms with Crippen molar-refractivity contribution >= 4 is 5.91 Å². The van der Waals surface area contributed by atoms with E-state index in [0.717, 1.165) is 6.07 Å². The molecule has 150 valence electrons. The van der Waals surface area contributed by atoms with Crippen molar-refractivity contribution in [2.75, 3.05) is 14.0 Å². The molecule has 2 N–H and O–H groups in total. The molecule has 9 heteroatoms. The van der Waals surface area contributed by atoms with Gasteiger partial charge in [-0.2, -0.15) is 0 Å². The topological polar surface area (TPSA) is 93.3 Å². The van der Waals surface area contributed by atoms with Crippen molar-refractivity contribution in [1.29, 1.82) is 0 Å². The molecule has 3 rings (SSSR count). The van der Waals surface area contributed by atoms with Crippen LogP contribution in [0.1, 0.15) is 27.7 Å². The molecule has 0 bridgehead atoms. The minimum Gasteiger partial charge on any atom is -0.481 e. The smallest absolute Gasteiger partial charge is 0.253 e. The number of hydrogen-bond donors (Lipinski definition) is 2. The maximum Gasteiger partial charge on any atom is 0.253 e. The molecular weight excluding hydrogens is 384 g/mol. The zero-order valence-electron chi connectivity index (χ0n) is 15.3. The third kappa shape index (κ3) is 4.75. The fourth-order valence-electron chi connectivity index (χ4n) is 2.67. The van der Waals surface area contributed by atoms with Gasteiger partial charge in [0.2, 0.25) is 18.3 Å². The van der Waals surface area contributed by atoms with Crippen LogP contribution in [-0.2, 0) is 0 Å². The normalized spacial score (nSPS) is 11.6. The third-order valence-corrected chi connectivity index (χ3v) is 4.07. The molecule has 1 atom stereocenters. The Morgan fingerprint density at radius 2 is 2.07 bits per heavy atom. The summed E-state index contributed by atoms with van der Waals surface area (Å²) in [5.74, 6) is -1.24. The van der Waals surface area contributed by atoms with Crippen LogP contribution in [0.5, 0.6) is 11.6 Å². The van der Waals surface area contributed by atoms with Crippen molar-refractivity contribution in [2.45, 2.75) is 6.04 Å². The molecule has 0 saturated carbocycles. The van der Waals surface area contributed by atoms with Gasteiger partial charge < -0.3 is 19.8 Å². The fourth-order valence-corrected chi connectivity index (χ4v) is 2.67. The third-order valence-electron chi connectivity index (χ3n) is 4.07. The average molecular weight is 401 g/mol. The highest BCUT2D eigenvalue weighted by molar-refractivity contribution is 5.94. The number of carbonyl (C=O) groups is 1. The Morgan fingerprint density at radius 3 is 2.72 bits per heavy atom. The van der Waals surface area contributed by atoms with E-state index in [0.29, 0.717) is 17.1 Å². The summed E-state index contributed by atoms with van der Waals surface area (Å²) < 4.78 is 36.3. The molecule has 2 heterocycles. The lowest BCUT2D eigenvalue weighted by molar-refractivity contribution is 0.0941. The summed E-state index contributed by atoms with van der Waals surface area (Å²) in [7, 11) is 1.45.